The van der Waals surface area contributed by atoms with Crippen molar-refractivity contribution in [1.29, 1.82) is 0 Å². The second kappa shape index (κ2) is 4.21. The van der Waals surface area contributed by atoms with Gasteiger partial charge in [-0.25, -0.2) is 4.79 Å². The Kier molecular flexibility index (Phi) is 3.37. The zero-order valence-corrected chi connectivity index (χ0v) is 9.96. The molecule has 0 saturated carbocycles. The smallest absolute Gasteiger partial charge is 0.323 e. The van der Waals surface area contributed by atoms with Gasteiger partial charge in [0, 0.05) is 6.54 Å². The molecule has 1 heterocycles. The summed E-state index contributed by atoms with van der Waals surface area (Å²) < 4.78 is 0. The van der Waals surface area contributed by atoms with Crippen LogP contribution in [0.5, 0.6) is 0 Å². The van der Waals surface area contributed by atoms with Gasteiger partial charge < -0.3 is 5.32 Å². The van der Waals surface area contributed by atoms with E-state index in [9.17, 15) is 9.59 Å². The monoisotopic (exact) mass is 212 g/mol. The Bertz CT molecular complexity index is 278. The van der Waals surface area contributed by atoms with Crippen molar-refractivity contribution < 1.29 is 9.59 Å². The summed E-state index contributed by atoms with van der Waals surface area (Å²) in [6, 6.07) is -0.246. The van der Waals surface area contributed by atoms with Crippen LogP contribution in [0.4, 0.5) is 4.79 Å². The van der Waals surface area contributed by atoms with Crippen LogP contribution in [0.3, 0.4) is 0 Å². The van der Waals surface area contributed by atoms with Crippen LogP contribution in [0.2, 0.25) is 0 Å². The summed E-state index contributed by atoms with van der Waals surface area (Å²) in [5.41, 5.74) is -0.690. The Labute approximate surface area is 91.0 Å². The number of carbonyl (C=O) groups excluding carboxylic acids is 2. The molecule has 2 unspecified atom stereocenters. The standard InChI is InChI=1S/C11H20N2O2/c1-5-8(3)7-13-9(14)11(4,6-2)12-10(13)15/h8H,5-7H2,1-4H3,(H,12,15). The fourth-order valence-electron chi connectivity index (χ4n) is 1.59. The van der Waals surface area contributed by atoms with Crippen LogP contribution >= 0.6 is 0 Å². The number of urea groups is 1. The maximum atomic E-state index is 12.0. The largest absolute Gasteiger partial charge is 0.325 e. The quantitative estimate of drug-likeness (QED) is 0.722. The fraction of sp³-hybridized carbons (Fsp3) is 0.818. The van der Waals surface area contributed by atoms with Crippen LogP contribution in [0.25, 0.3) is 0 Å². The first kappa shape index (κ1) is 12.0. The lowest BCUT2D eigenvalue weighted by atomic mass is 9.99. The molecular formula is C11H20N2O2. The third-order valence-corrected chi connectivity index (χ3v) is 3.24. The first-order chi connectivity index (χ1) is 6.94. The molecule has 4 nitrogen and oxygen atoms in total. The van der Waals surface area contributed by atoms with Crippen LogP contribution in [-0.4, -0.2) is 28.9 Å². The fourth-order valence-corrected chi connectivity index (χ4v) is 1.59. The van der Waals surface area contributed by atoms with Crippen LogP contribution in [0.1, 0.15) is 40.5 Å². The van der Waals surface area contributed by atoms with Crippen molar-refractivity contribution in [2.75, 3.05) is 6.54 Å². The lowest BCUT2D eigenvalue weighted by Crippen LogP contribution is -2.43. The molecule has 0 aliphatic carbocycles. The Hall–Kier alpha value is -1.06. The molecule has 1 aliphatic rings. The molecule has 0 aromatic rings. The summed E-state index contributed by atoms with van der Waals surface area (Å²) in [5, 5.41) is 2.75. The lowest BCUT2D eigenvalue weighted by Gasteiger charge is -2.20. The van der Waals surface area contributed by atoms with Gasteiger partial charge in [-0.2, -0.15) is 0 Å². The number of nitrogens with one attached hydrogen (secondary N) is 1. The van der Waals surface area contributed by atoms with Crippen molar-refractivity contribution in [2.24, 2.45) is 5.92 Å². The Morgan fingerprint density at radius 2 is 2.00 bits per heavy atom. The Morgan fingerprint density at radius 1 is 1.40 bits per heavy atom. The van der Waals surface area contributed by atoms with Crippen LogP contribution in [-0.2, 0) is 4.79 Å². The maximum Gasteiger partial charge on any atom is 0.325 e. The number of hydrogen-bond donors (Lipinski definition) is 1. The Morgan fingerprint density at radius 3 is 2.40 bits per heavy atom. The molecule has 86 valence electrons. The van der Waals surface area contributed by atoms with Gasteiger partial charge in [0.05, 0.1) is 0 Å². The normalized spacial score (nSPS) is 28.1. The molecule has 1 fully saturated rings. The summed E-state index contributed by atoms with van der Waals surface area (Å²) in [7, 11) is 0. The molecule has 1 aliphatic heterocycles. The number of nitrogens with zero attached hydrogens (tertiary/aromatic N) is 1. The van der Waals surface area contributed by atoms with Crippen molar-refractivity contribution in [2.45, 2.75) is 46.1 Å². The molecule has 1 saturated heterocycles. The average molecular weight is 212 g/mol. The van der Waals surface area contributed by atoms with Gasteiger partial charge in [0.2, 0.25) is 0 Å². The minimum absolute atomic E-state index is 0.0877. The lowest BCUT2D eigenvalue weighted by molar-refractivity contribution is -0.131. The van der Waals surface area contributed by atoms with Crippen LogP contribution in [0.15, 0.2) is 0 Å². The number of hydrogen-bond acceptors (Lipinski definition) is 2. The molecule has 1 rings (SSSR count). The molecule has 0 bridgehead atoms. The van der Waals surface area contributed by atoms with Gasteiger partial charge in [0.25, 0.3) is 5.91 Å². The van der Waals surface area contributed by atoms with E-state index in [1.807, 2.05) is 13.8 Å². The van der Waals surface area contributed by atoms with Crippen molar-refractivity contribution in [3.63, 3.8) is 0 Å². The molecular weight excluding hydrogens is 192 g/mol. The van der Waals surface area contributed by atoms with Crippen LogP contribution in [0, 0.1) is 5.92 Å². The van der Waals surface area contributed by atoms with Crippen LogP contribution < -0.4 is 5.32 Å². The predicted octanol–water partition coefficient (Wildman–Crippen LogP) is 1.75. The zero-order valence-electron chi connectivity index (χ0n) is 9.96. The molecule has 1 N–H and O–H groups in total. The van der Waals surface area contributed by atoms with E-state index >= 15 is 0 Å². The van der Waals surface area contributed by atoms with Gasteiger partial charge in [-0.05, 0) is 19.3 Å². The predicted molar refractivity (Wildman–Crippen MR) is 58.4 cm³/mol. The van der Waals surface area contributed by atoms with E-state index < -0.39 is 5.54 Å². The van der Waals surface area contributed by atoms with Gasteiger partial charge in [-0.3, -0.25) is 9.69 Å². The maximum absolute atomic E-state index is 12.0. The second-order valence-electron chi connectivity index (χ2n) is 4.54. The minimum atomic E-state index is -0.690. The number of amides is 3. The highest BCUT2D eigenvalue weighted by Crippen LogP contribution is 2.22. The van der Waals surface area contributed by atoms with Crippen molar-refractivity contribution in [1.82, 2.24) is 10.2 Å². The molecule has 3 amide bonds. The van der Waals surface area contributed by atoms with Gasteiger partial charge in [-0.15, -0.1) is 0 Å². The summed E-state index contributed by atoms with van der Waals surface area (Å²) in [5.74, 6) is 0.272. The molecule has 4 heteroatoms. The number of rotatable bonds is 4. The number of imide groups is 1. The SMILES string of the molecule is CCC(C)CN1C(=O)NC(C)(CC)C1=O. The van der Waals surface area contributed by atoms with E-state index in [1.54, 1.807) is 6.92 Å². The molecule has 0 radical (unpaired) electrons. The molecule has 0 aromatic heterocycles. The van der Waals surface area contributed by atoms with E-state index in [2.05, 4.69) is 12.2 Å². The van der Waals surface area contributed by atoms with E-state index in [4.69, 9.17) is 0 Å². The van der Waals surface area contributed by atoms with Crippen molar-refractivity contribution >= 4 is 11.9 Å². The van der Waals surface area contributed by atoms with E-state index in [-0.39, 0.29) is 11.9 Å². The Balaban J connectivity index is 2.76. The molecule has 0 spiro atoms. The van der Waals surface area contributed by atoms with Gasteiger partial charge >= 0.3 is 6.03 Å². The van der Waals surface area contributed by atoms with E-state index in [0.29, 0.717) is 18.9 Å². The summed E-state index contributed by atoms with van der Waals surface area (Å²) in [4.78, 5) is 24.9. The van der Waals surface area contributed by atoms with Crippen molar-refractivity contribution in [3.05, 3.63) is 0 Å². The average Bonchev–Trinajstić information content (AvgIpc) is 2.42. The third kappa shape index (κ3) is 2.13. The number of carbonyl (C=O) groups is 2. The highest BCUT2D eigenvalue weighted by atomic mass is 16.2. The second-order valence-corrected chi connectivity index (χ2v) is 4.54. The summed E-state index contributed by atoms with van der Waals surface area (Å²) in [6.45, 7) is 8.32. The summed E-state index contributed by atoms with van der Waals surface area (Å²) >= 11 is 0. The van der Waals surface area contributed by atoms with Gasteiger partial charge in [0.15, 0.2) is 0 Å². The van der Waals surface area contributed by atoms with Gasteiger partial charge in [0.1, 0.15) is 5.54 Å². The molecule has 2 atom stereocenters. The van der Waals surface area contributed by atoms with E-state index in [1.165, 1.54) is 4.90 Å². The van der Waals surface area contributed by atoms with Crippen molar-refractivity contribution in [3.8, 4) is 0 Å². The minimum Gasteiger partial charge on any atom is -0.323 e. The highest BCUT2D eigenvalue weighted by molar-refractivity contribution is 6.06. The molecule has 15 heavy (non-hydrogen) atoms. The zero-order chi connectivity index (χ0) is 11.6. The first-order valence-electron chi connectivity index (χ1n) is 5.58. The first-order valence-corrected chi connectivity index (χ1v) is 5.58. The summed E-state index contributed by atoms with van der Waals surface area (Å²) in [6.07, 6.45) is 1.61. The highest BCUT2D eigenvalue weighted by Gasteiger charge is 2.46. The topological polar surface area (TPSA) is 49.4 Å². The van der Waals surface area contributed by atoms with Gasteiger partial charge in [-0.1, -0.05) is 27.2 Å². The van der Waals surface area contributed by atoms with E-state index in [0.717, 1.165) is 6.42 Å². The molecule has 0 aromatic carbocycles. The third-order valence-electron chi connectivity index (χ3n) is 3.24.